The van der Waals surface area contributed by atoms with Gasteiger partial charge in [-0.3, -0.25) is 4.90 Å². The summed E-state index contributed by atoms with van der Waals surface area (Å²) in [6.07, 6.45) is -1.20. The molecule has 12 heavy (non-hydrogen) atoms. The molecule has 6 heteroatoms. The fourth-order valence-electron chi connectivity index (χ4n) is 1.09. The van der Waals surface area contributed by atoms with Crippen molar-refractivity contribution in [2.45, 2.75) is 6.04 Å². The fraction of sp³-hybridized carbons (Fsp3) is 0.667. The maximum atomic E-state index is 10.5. The SMILES string of the molecule is O=C(O)C1C[N]CCN1C(=O)O. The van der Waals surface area contributed by atoms with Crippen LogP contribution in [0.2, 0.25) is 0 Å². The summed E-state index contributed by atoms with van der Waals surface area (Å²) in [6.45, 7) is 0.615. The zero-order valence-electron chi connectivity index (χ0n) is 6.30. The lowest BCUT2D eigenvalue weighted by Crippen LogP contribution is -2.54. The number of carboxylic acid groups (broad SMARTS) is 2. The van der Waals surface area contributed by atoms with Gasteiger partial charge in [-0.05, 0) is 0 Å². The quantitative estimate of drug-likeness (QED) is 0.534. The summed E-state index contributed by atoms with van der Waals surface area (Å²) in [6, 6.07) is -1.00. The smallest absolute Gasteiger partial charge is 0.408 e. The third-order valence-corrected chi connectivity index (χ3v) is 1.71. The monoisotopic (exact) mass is 173 g/mol. The number of nitrogens with zero attached hydrogens (tertiary/aromatic N) is 2. The number of aliphatic carboxylic acids is 1. The van der Waals surface area contributed by atoms with Gasteiger partial charge in [-0.2, -0.15) is 0 Å². The van der Waals surface area contributed by atoms with Crippen LogP contribution >= 0.6 is 0 Å². The van der Waals surface area contributed by atoms with E-state index in [9.17, 15) is 9.59 Å². The van der Waals surface area contributed by atoms with Gasteiger partial charge in [0.2, 0.25) is 0 Å². The zero-order chi connectivity index (χ0) is 9.14. The highest BCUT2D eigenvalue weighted by Gasteiger charge is 2.32. The molecule has 1 unspecified atom stereocenters. The number of carboxylic acids is 1. The van der Waals surface area contributed by atoms with Crippen LogP contribution in [0.5, 0.6) is 0 Å². The van der Waals surface area contributed by atoms with E-state index < -0.39 is 18.1 Å². The Balaban J connectivity index is 2.67. The number of amides is 1. The van der Waals surface area contributed by atoms with Crippen molar-refractivity contribution in [3.63, 3.8) is 0 Å². The van der Waals surface area contributed by atoms with Gasteiger partial charge in [0, 0.05) is 19.6 Å². The Morgan fingerprint density at radius 1 is 1.42 bits per heavy atom. The van der Waals surface area contributed by atoms with E-state index in [0.717, 1.165) is 4.90 Å². The van der Waals surface area contributed by atoms with Crippen molar-refractivity contribution in [3.05, 3.63) is 0 Å². The van der Waals surface area contributed by atoms with E-state index in [2.05, 4.69) is 5.32 Å². The minimum atomic E-state index is -1.20. The third kappa shape index (κ3) is 1.65. The summed E-state index contributed by atoms with van der Waals surface area (Å²) in [5, 5.41) is 21.0. The van der Waals surface area contributed by atoms with Crippen LogP contribution in [0.25, 0.3) is 0 Å². The van der Waals surface area contributed by atoms with Gasteiger partial charge in [0.05, 0.1) is 0 Å². The minimum absolute atomic E-state index is 0.0572. The average Bonchev–Trinajstić information content (AvgIpc) is 2.04. The third-order valence-electron chi connectivity index (χ3n) is 1.71. The van der Waals surface area contributed by atoms with Gasteiger partial charge < -0.3 is 10.2 Å². The predicted molar refractivity (Wildman–Crippen MR) is 38.0 cm³/mol. The van der Waals surface area contributed by atoms with Crippen LogP contribution in [0.15, 0.2) is 0 Å². The maximum Gasteiger partial charge on any atom is 0.408 e. The molecule has 1 radical (unpaired) electrons. The lowest BCUT2D eigenvalue weighted by molar-refractivity contribution is -0.143. The van der Waals surface area contributed by atoms with Crippen LogP contribution in [0, 0.1) is 0 Å². The lowest BCUT2D eigenvalue weighted by Gasteiger charge is -2.29. The van der Waals surface area contributed by atoms with Crippen LogP contribution < -0.4 is 5.32 Å². The Hall–Kier alpha value is -1.30. The number of rotatable bonds is 1. The van der Waals surface area contributed by atoms with Crippen molar-refractivity contribution < 1.29 is 19.8 Å². The second-order valence-electron chi connectivity index (χ2n) is 2.46. The van der Waals surface area contributed by atoms with E-state index in [1.54, 1.807) is 0 Å². The second kappa shape index (κ2) is 3.40. The highest BCUT2D eigenvalue weighted by Crippen LogP contribution is 2.04. The minimum Gasteiger partial charge on any atom is -0.480 e. The molecule has 0 aromatic carbocycles. The molecule has 1 atom stereocenters. The lowest BCUT2D eigenvalue weighted by atomic mass is 10.2. The second-order valence-corrected chi connectivity index (χ2v) is 2.46. The highest BCUT2D eigenvalue weighted by molar-refractivity contribution is 5.79. The zero-order valence-corrected chi connectivity index (χ0v) is 6.30. The number of carbonyl (C=O) groups is 2. The van der Waals surface area contributed by atoms with Crippen LogP contribution in [0.4, 0.5) is 4.79 Å². The Morgan fingerprint density at radius 2 is 2.08 bits per heavy atom. The molecule has 67 valence electrons. The summed E-state index contributed by atoms with van der Waals surface area (Å²) in [7, 11) is 0. The van der Waals surface area contributed by atoms with Gasteiger partial charge in [-0.15, -0.1) is 0 Å². The Kier molecular flexibility index (Phi) is 2.49. The average molecular weight is 173 g/mol. The first-order valence-corrected chi connectivity index (χ1v) is 3.48. The van der Waals surface area contributed by atoms with Crippen molar-refractivity contribution >= 4 is 12.1 Å². The van der Waals surface area contributed by atoms with Gasteiger partial charge in [-0.1, -0.05) is 0 Å². The van der Waals surface area contributed by atoms with Gasteiger partial charge >= 0.3 is 12.1 Å². The predicted octanol–water partition coefficient (Wildman–Crippen LogP) is -0.962. The summed E-state index contributed by atoms with van der Waals surface area (Å²) in [5.74, 6) is -1.14. The van der Waals surface area contributed by atoms with Crippen molar-refractivity contribution in [1.82, 2.24) is 10.2 Å². The summed E-state index contributed by atoms with van der Waals surface area (Å²) in [5.41, 5.74) is 0. The molecule has 1 heterocycles. The molecular weight excluding hydrogens is 164 g/mol. The first-order chi connectivity index (χ1) is 5.63. The highest BCUT2D eigenvalue weighted by atomic mass is 16.4. The molecule has 0 bridgehead atoms. The summed E-state index contributed by atoms with van der Waals surface area (Å²) >= 11 is 0. The molecule has 0 aliphatic carbocycles. The molecule has 0 saturated carbocycles. The number of hydrogen-bond acceptors (Lipinski definition) is 2. The topological polar surface area (TPSA) is 91.9 Å². The van der Waals surface area contributed by atoms with Gasteiger partial charge in [0.25, 0.3) is 0 Å². The van der Waals surface area contributed by atoms with E-state index in [1.165, 1.54) is 0 Å². The molecule has 6 nitrogen and oxygen atoms in total. The van der Waals surface area contributed by atoms with Crippen LogP contribution in [0.3, 0.4) is 0 Å². The molecular formula is C6H9N2O4. The molecule has 0 spiro atoms. The van der Waals surface area contributed by atoms with Crippen LogP contribution in [-0.2, 0) is 4.79 Å². The molecule has 1 aliphatic heterocycles. The molecule has 1 amide bonds. The van der Waals surface area contributed by atoms with Crippen LogP contribution in [-0.4, -0.2) is 52.9 Å². The molecule has 1 fully saturated rings. The van der Waals surface area contributed by atoms with E-state index in [0.29, 0.717) is 6.54 Å². The summed E-state index contributed by atoms with van der Waals surface area (Å²) in [4.78, 5) is 21.9. The fourth-order valence-corrected chi connectivity index (χ4v) is 1.09. The van der Waals surface area contributed by atoms with Crippen molar-refractivity contribution in [1.29, 1.82) is 0 Å². The molecule has 1 aliphatic rings. The first kappa shape index (κ1) is 8.79. The first-order valence-electron chi connectivity index (χ1n) is 3.48. The van der Waals surface area contributed by atoms with Crippen molar-refractivity contribution in [3.8, 4) is 0 Å². The van der Waals surface area contributed by atoms with Gasteiger partial charge in [-0.25, -0.2) is 14.9 Å². The van der Waals surface area contributed by atoms with Crippen LogP contribution in [0.1, 0.15) is 0 Å². The largest absolute Gasteiger partial charge is 0.480 e. The standard InChI is InChI=1S/C6H9N2O4/c9-5(10)4-3-7-1-2-8(4)6(11)12/h4H,1-3H2,(H,9,10)(H,11,12). The van der Waals surface area contributed by atoms with E-state index in [4.69, 9.17) is 10.2 Å². The van der Waals surface area contributed by atoms with Crippen molar-refractivity contribution in [2.75, 3.05) is 19.6 Å². The molecule has 2 N–H and O–H groups in total. The Labute approximate surface area is 68.8 Å². The van der Waals surface area contributed by atoms with E-state index >= 15 is 0 Å². The molecule has 0 aromatic heterocycles. The molecule has 0 aromatic rings. The number of hydrogen-bond donors (Lipinski definition) is 2. The Bertz CT molecular complexity index is 184. The van der Waals surface area contributed by atoms with E-state index in [-0.39, 0.29) is 13.1 Å². The molecule has 1 rings (SSSR count). The van der Waals surface area contributed by atoms with E-state index in [1.807, 2.05) is 0 Å². The molecule has 1 saturated heterocycles. The normalized spacial score (nSPS) is 23.7. The maximum absolute atomic E-state index is 10.5. The summed E-state index contributed by atoms with van der Waals surface area (Å²) < 4.78 is 0. The number of piperazine rings is 1. The van der Waals surface area contributed by atoms with Gasteiger partial charge in [0.15, 0.2) is 0 Å². The Morgan fingerprint density at radius 3 is 2.50 bits per heavy atom. The van der Waals surface area contributed by atoms with Gasteiger partial charge in [0.1, 0.15) is 6.04 Å². The van der Waals surface area contributed by atoms with Crippen molar-refractivity contribution in [2.24, 2.45) is 0 Å².